The highest BCUT2D eigenvalue weighted by Crippen LogP contribution is 2.25. The average molecular weight is 409 g/mol. The molecule has 4 aromatic rings. The predicted octanol–water partition coefficient (Wildman–Crippen LogP) is 4.46. The van der Waals surface area contributed by atoms with Crippen molar-refractivity contribution in [2.75, 3.05) is 6.61 Å². The van der Waals surface area contributed by atoms with Gasteiger partial charge in [0, 0.05) is 34.9 Å². The summed E-state index contributed by atoms with van der Waals surface area (Å²) in [6.45, 7) is 2.74. The van der Waals surface area contributed by atoms with Crippen molar-refractivity contribution in [1.29, 1.82) is 0 Å². The van der Waals surface area contributed by atoms with E-state index in [1.165, 1.54) is 17.4 Å². The van der Waals surface area contributed by atoms with Gasteiger partial charge in [-0.3, -0.25) is 9.20 Å². The number of ether oxygens (including phenoxy) is 1. The van der Waals surface area contributed by atoms with Gasteiger partial charge < -0.3 is 10.1 Å². The largest absolute Gasteiger partial charge is 0.494 e. The molecule has 0 aliphatic heterocycles. The van der Waals surface area contributed by atoms with E-state index in [2.05, 4.69) is 10.3 Å². The van der Waals surface area contributed by atoms with Gasteiger partial charge in [-0.25, -0.2) is 9.37 Å². The zero-order valence-corrected chi connectivity index (χ0v) is 16.7. The van der Waals surface area contributed by atoms with Gasteiger partial charge in [0.25, 0.3) is 0 Å². The minimum Gasteiger partial charge on any atom is -0.494 e. The van der Waals surface area contributed by atoms with Crippen LogP contribution in [0.1, 0.15) is 18.2 Å². The Balaban J connectivity index is 1.46. The Labute approximate surface area is 171 Å². The Morgan fingerprint density at radius 1 is 1.21 bits per heavy atom. The summed E-state index contributed by atoms with van der Waals surface area (Å²) in [5.41, 5.74) is 3.14. The van der Waals surface area contributed by atoms with E-state index in [4.69, 9.17) is 4.74 Å². The highest BCUT2D eigenvalue weighted by Gasteiger charge is 2.13. The first-order valence-electron chi connectivity index (χ1n) is 9.33. The average Bonchev–Trinajstić information content (AvgIpc) is 3.30. The third-order valence-electron chi connectivity index (χ3n) is 4.52. The van der Waals surface area contributed by atoms with Gasteiger partial charge in [0.1, 0.15) is 11.6 Å². The minimum atomic E-state index is -0.319. The standard InChI is InChI=1S/C22H20FN3O2S/c1-2-28-18-9-7-15(8-10-18)20-13-26-17(14-29-22(26)25-20)11-21(27)24-12-16-5-3-4-6-19(16)23/h3-10,13-14H,2,11-12H2,1H3,(H,24,27). The van der Waals surface area contributed by atoms with E-state index >= 15 is 0 Å². The van der Waals surface area contributed by atoms with Crippen LogP contribution in [0, 0.1) is 5.82 Å². The first-order chi connectivity index (χ1) is 14.1. The first kappa shape index (κ1) is 19.1. The van der Waals surface area contributed by atoms with E-state index in [1.807, 2.05) is 47.2 Å². The molecule has 0 saturated heterocycles. The van der Waals surface area contributed by atoms with Gasteiger partial charge in [0.05, 0.1) is 18.7 Å². The van der Waals surface area contributed by atoms with Crippen molar-refractivity contribution in [2.24, 2.45) is 0 Å². The second-order valence-corrected chi connectivity index (χ2v) is 7.34. The number of fused-ring (bicyclic) bond motifs is 1. The number of carbonyl (C=O) groups is 1. The Kier molecular flexibility index (Phi) is 5.57. The number of rotatable bonds is 7. The lowest BCUT2D eigenvalue weighted by atomic mass is 10.1. The maximum atomic E-state index is 13.7. The molecule has 4 rings (SSSR count). The number of hydrogen-bond donors (Lipinski definition) is 1. The van der Waals surface area contributed by atoms with Crippen LogP contribution in [0.25, 0.3) is 16.2 Å². The van der Waals surface area contributed by atoms with Gasteiger partial charge in [-0.05, 0) is 37.3 Å². The number of aromatic nitrogens is 2. The second-order valence-electron chi connectivity index (χ2n) is 6.51. The fourth-order valence-electron chi connectivity index (χ4n) is 3.05. The number of amides is 1. The van der Waals surface area contributed by atoms with E-state index in [0.717, 1.165) is 27.7 Å². The van der Waals surface area contributed by atoms with Crippen LogP contribution in [0.2, 0.25) is 0 Å². The Morgan fingerprint density at radius 2 is 2.00 bits per heavy atom. The van der Waals surface area contributed by atoms with Crippen LogP contribution in [0.5, 0.6) is 5.75 Å². The van der Waals surface area contributed by atoms with Crippen LogP contribution in [-0.4, -0.2) is 21.9 Å². The highest BCUT2D eigenvalue weighted by atomic mass is 32.1. The molecule has 5 nitrogen and oxygen atoms in total. The molecule has 2 heterocycles. The molecule has 29 heavy (non-hydrogen) atoms. The van der Waals surface area contributed by atoms with Crippen molar-refractivity contribution in [3.63, 3.8) is 0 Å². The monoisotopic (exact) mass is 409 g/mol. The number of hydrogen-bond acceptors (Lipinski definition) is 4. The quantitative estimate of drug-likeness (QED) is 0.490. The van der Waals surface area contributed by atoms with Gasteiger partial charge in [0.2, 0.25) is 5.91 Å². The van der Waals surface area contributed by atoms with E-state index in [1.54, 1.807) is 18.2 Å². The molecule has 0 unspecified atom stereocenters. The number of carbonyl (C=O) groups excluding carboxylic acids is 1. The predicted molar refractivity (Wildman–Crippen MR) is 112 cm³/mol. The summed E-state index contributed by atoms with van der Waals surface area (Å²) < 4.78 is 21.1. The lowest BCUT2D eigenvalue weighted by molar-refractivity contribution is -0.120. The summed E-state index contributed by atoms with van der Waals surface area (Å²) in [6, 6.07) is 14.2. The zero-order chi connectivity index (χ0) is 20.2. The van der Waals surface area contributed by atoms with Gasteiger partial charge in [-0.2, -0.15) is 0 Å². The second kappa shape index (κ2) is 8.45. The summed E-state index contributed by atoms with van der Waals surface area (Å²) in [5.74, 6) is 0.342. The highest BCUT2D eigenvalue weighted by molar-refractivity contribution is 7.15. The normalized spacial score (nSPS) is 11.0. The molecule has 0 radical (unpaired) electrons. The number of thiazole rings is 1. The molecule has 2 aromatic heterocycles. The van der Waals surface area contributed by atoms with Crippen molar-refractivity contribution in [3.8, 4) is 17.0 Å². The molecule has 0 bridgehead atoms. The fraction of sp³-hybridized carbons (Fsp3) is 0.182. The van der Waals surface area contributed by atoms with Crippen LogP contribution in [0.4, 0.5) is 4.39 Å². The third kappa shape index (κ3) is 4.30. The molecule has 0 spiro atoms. The van der Waals surface area contributed by atoms with Crippen molar-refractivity contribution >= 4 is 22.2 Å². The lowest BCUT2D eigenvalue weighted by Crippen LogP contribution is -2.25. The zero-order valence-electron chi connectivity index (χ0n) is 15.9. The van der Waals surface area contributed by atoms with Crippen molar-refractivity contribution in [2.45, 2.75) is 19.9 Å². The van der Waals surface area contributed by atoms with E-state index < -0.39 is 0 Å². The maximum absolute atomic E-state index is 13.7. The van der Waals surface area contributed by atoms with Crippen LogP contribution >= 0.6 is 11.3 Å². The first-order valence-corrected chi connectivity index (χ1v) is 10.2. The molecule has 0 aliphatic carbocycles. The lowest BCUT2D eigenvalue weighted by Gasteiger charge is -2.06. The van der Waals surface area contributed by atoms with Crippen LogP contribution in [-0.2, 0) is 17.8 Å². The molecule has 1 N–H and O–H groups in total. The number of nitrogens with one attached hydrogen (secondary N) is 1. The summed E-state index contributed by atoms with van der Waals surface area (Å²) in [7, 11) is 0. The molecule has 0 atom stereocenters. The molecular weight excluding hydrogens is 389 g/mol. The Bertz CT molecular complexity index is 1130. The van der Waals surface area contributed by atoms with Gasteiger partial charge in [0.15, 0.2) is 4.96 Å². The Hall–Kier alpha value is -3.19. The maximum Gasteiger partial charge on any atom is 0.226 e. The van der Waals surface area contributed by atoms with Crippen molar-refractivity contribution in [3.05, 3.63) is 77.2 Å². The fourth-order valence-corrected chi connectivity index (χ4v) is 3.92. The summed E-state index contributed by atoms with van der Waals surface area (Å²) in [4.78, 5) is 17.8. The van der Waals surface area contributed by atoms with Gasteiger partial charge >= 0.3 is 0 Å². The molecular formula is C22H20FN3O2S. The van der Waals surface area contributed by atoms with Crippen LogP contribution < -0.4 is 10.1 Å². The van der Waals surface area contributed by atoms with Crippen LogP contribution in [0.15, 0.2) is 60.1 Å². The number of imidazole rings is 1. The molecule has 7 heteroatoms. The third-order valence-corrected chi connectivity index (χ3v) is 5.41. The smallest absolute Gasteiger partial charge is 0.226 e. The van der Waals surface area contributed by atoms with E-state index in [-0.39, 0.29) is 24.7 Å². The number of benzene rings is 2. The molecule has 0 aliphatic rings. The minimum absolute atomic E-state index is 0.163. The van der Waals surface area contributed by atoms with Crippen LogP contribution in [0.3, 0.4) is 0 Å². The summed E-state index contributed by atoms with van der Waals surface area (Å²) >= 11 is 1.49. The van der Waals surface area contributed by atoms with Crippen molar-refractivity contribution in [1.82, 2.24) is 14.7 Å². The number of halogens is 1. The summed E-state index contributed by atoms with van der Waals surface area (Å²) in [5, 5.41) is 4.70. The SMILES string of the molecule is CCOc1ccc(-c2cn3c(CC(=O)NCc4ccccc4F)csc3n2)cc1. The molecule has 0 fully saturated rings. The van der Waals surface area contributed by atoms with Gasteiger partial charge in [-0.15, -0.1) is 11.3 Å². The molecule has 1 amide bonds. The van der Waals surface area contributed by atoms with E-state index in [9.17, 15) is 9.18 Å². The topological polar surface area (TPSA) is 55.6 Å². The summed E-state index contributed by atoms with van der Waals surface area (Å²) in [6.07, 6.45) is 2.13. The van der Waals surface area contributed by atoms with Crippen molar-refractivity contribution < 1.29 is 13.9 Å². The Morgan fingerprint density at radius 3 is 2.76 bits per heavy atom. The van der Waals surface area contributed by atoms with E-state index in [0.29, 0.717) is 12.2 Å². The molecule has 0 saturated carbocycles. The molecule has 2 aromatic carbocycles. The molecule has 148 valence electrons. The van der Waals surface area contributed by atoms with Gasteiger partial charge in [-0.1, -0.05) is 18.2 Å². The number of nitrogens with zero attached hydrogens (tertiary/aromatic N) is 2.